The van der Waals surface area contributed by atoms with Crippen LogP contribution in [0.4, 0.5) is 0 Å². The average Bonchev–Trinajstić information content (AvgIpc) is 2.42. The summed E-state index contributed by atoms with van der Waals surface area (Å²) in [5.74, 6) is 0.973. The Labute approximate surface area is 122 Å². The van der Waals surface area contributed by atoms with E-state index in [1.807, 2.05) is 0 Å². The number of rotatable bonds is 10. The first kappa shape index (κ1) is 17.0. The second-order valence-electron chi connectivity index (χ2n) is 4.79. The lowest BCUT2D eigenvalue weighted by Gasteiger charge is -2.14. The largest absolute Gasteiger partial charge is 0.491 e. The third kappa shape index (κ3) is 5.90. The molecule has 0 aromatic heterocycles. The van der Waals surface area contributed by atoms with E-state index in [9.17, 15) is 0 Å². The maximum absolute atomic E-state index is 5.82. The van der Waals surface area contributed by atoms with Gasteiger partial charge in [-0.05, 0) is 37.1 Å². The van der Waals surface area contributed by atoms with Gasteiger partial charge in [0.05, 0.1) is 19.8 Å². The molecule has 0 aliphatic carbocycles. The highest BCUT2D eigenvalue weighted by Crippen LogP contribution is 2.24. The Morgan fingerprint density at radius 3 is 2.25 bits per heavy atom. The van der Waals surface area contributed by atoms with E-state index in [0.717, 1.165) is 18.8 Å². The lowest BCUT2D eigenvalue weighted by Crippen LogP contribution is -2.13. The van der Waals surface area contributed by atoms with Crippen LogP contribution in [0.2, 0.25) is 0 Å². The number of methoxy groups -OCH3 is 1. The Kier molecular flexibility index (Phi) is 8.26. The SMILES string of the molecule is CCNCc1cc(C)c(OCCOCCOC)c(C)c1. The average molecular weight is 281 g/mol. The Hall–Kier alpha value is -1.10. The minimum Gasteiger partial charge on any atom is -0.491 e. The lowest BCUT2D eigenvalue weighted by molar-refractivity contribution is 0.0542. The smallest absolute Gasteiger partial charge is 0.125 e. The maximum atomic E-state index is 5.82. The van der Waals surface area contributed by atoms with E-state index in [-0.39, 0.29) is 0 Å². The Bertz CT molecular complexity index is 370. The van der Waals surface area contributed by atoms with Crippen molar-refractivity contribution in [2.45, 2.75) is 27.3 Å². The predicted molar refractivity (Wildman–Crippen MR) is 81.5 cm³/mol. The number of hydrogen-bond acceptors (Lipinski definition) is 4. The number of aryl methyl sites for hydroxylation is 2. The van der Waals surface area contributed by atoms with E-state index >= 15 is 0 Å². The molecule has 0 aliphatic rings. The van der Waals surface area contributed by atoms with Gasteiger partial charge in [0.15, 0.2) is 0 Å². The van der Waals surface area contributed by atoms with Crippen LogP contribution in [-0.4, -0.2) is 40.1 Å². The first-order chi connectivity index (χ1) is 9.69. The van der Waals surface area contributed by atoms with Gasteiger partial charge >= 0.3 is 0 Å². The van der Waals surface area contributed by atoms with Crippen LogP contribution < -0.4 is 10.1 Å². The highest BCUT2D eigenvalue weighted by Gasteiger charge is 2.06. The van der Waals surface area contributed by atoms with Gasteiger partial charge in [-0.25, -0.2) is 0 Å². The molecule has 114 valence electrons. The molecular formula is C16H27NO3. The molecule has 1 aromatic rings. The molecule has 0 saturated heterocycles. The molecule has 0 saturated carbocycles. The van der Waals surface area contributed by atoms with E-state index < -0.39 is 0 Å². The van der Waals surface area contributed by atoms with Gasteiger partial charge in [-0.15, -0.1) is 0 Å². The van der Waals surface area contributed by atoms with Crippen molar-refractivity contribution >= 4 is 0 Å². The molecule has 0 spiro atoms. The molecule has 0 fully saturated rings. The summed E-state index contributed by atoms with van der Waals surface area (Å²) in [6, 6.07) is 4.35. The predicted octanol–water partition coefficient (Wildman–Crippen LogP) is 2.45. The fourth-order valence-corrected chi connectivity index (χ4v) is 2.09. The molecule has 1 aromatic carbocycles. The summed E-state index contributed by atoms with van der Waals surface area (Å²) < 4.78 is 16.1. The van der Waals surface area contributed by atoms with E-state index in [1.54, 1.807) is 7.11 Å². The van der Waals surface area contributed by atoms with Gasteiger partial charge in [0.1, 0.15) is 12.4 Å². The molecule has 4 heteroatoms. The molecule has 1 N–H and O–H groups in total. The van der Waals surface area contributed by atoms with Crippen molar-refractivity contribution < 1.29 is 14.2 Å². The summed E-state index contributed by atoms with van der Waals surface area (Å²) in [6.07, 6.45) is 0. The van der Waals surface area contributed by atoms with Gasteiger partial charge in [-0.1, -0.05) is 19.1 Å². The van der Waals surface area contributed by atoms with E-state index in [0.29, 0.717) is 26.4 Å². The van der Waals surface area contributed by atoms with Crippen molar-refractivity contribution in [1.29, 1.82) is 0 Å². The minimum atomic E-state index is 0.567. The molecule has 0 atom stereocenters. The van der Waals surface area contributed by atoms with Crippen LogP contribution in [0.15, 0.2) is 12.1 Å². The van der Waals surface area contributed by atoms with E-state index in [2.05, 4.69) is 38.2 Å². The molecule has 0 bridgehead atoms. The molecule has 0 heterocycles. The molecule has 0 radical (unpaired) electrons. The highest BCUT2D eigenvalue weighted by molar-refractivity contribution is 5.43. The van der Waals surface area contributed by atoms with Crippen LogP contribution in [0.5, 0.6) is 5.75 Å². The Morgan fingerprint density at radius 2 is 1.65 bits per heavy atom. The summed E-state index contributed by atoms with van der Waals surface area (Å²) >= 11 is 0. The fraction of sp³-hybridized carbons (Fsp3) is 0.625. The number of hydrogen-bond donors (Lipinski definition) is 1. The van der Waals surface area contributed by atoms with Gasteiger partial charge in [0.2, 0.25) is 0 Å². The first-order valence-electron chi connectivity index (χ1n) is 7.19. The minimum absolute atomic E-state index is 0.567. The molecular weight excluding hydrogens is 254 g/mol. The maximum Gasteiger partial charge on any atom is 0.125 e. The standard InChI is InChI=1S/C16H27NO3/c1-5-17-12-15-10-13(2)16(14(3)11-15)20-9-8-19-7-6-18-4/h10-11,17H,5-9,12H2,1-4H3. The van der Waals surface area contributed by atoms with Crippen LogP contribution >= 0.6 is 0 Å². The highest BCUT2D eigenvalue weighted by atomic mass is 16.5. The van der Waals surface area contributed by atoms with Crippen LogP contribution in [0, 0.1) is 13.8 Å². The van der Waals surface area contributed by atoms with Crippen LogP contribution in [0.1, 0.15) is 23.6 Å². The molecule has 1 rings (SSSR count). The Morgan fingerprint density at radius 1 is 1.00 bits per heavy atom. The van der Waals surface area contributed by atoms with Gasteiger partial charge in [0, 0.05) is 13.7 Å². The van der Waals surface area contributed by atoms with Crippen molar-refractivity contribution in [2.75, 3.05) is 40.1 Å². The molecule has 4 nitrogen and oxygen atoms in total. The molecule has 0 amide bonds. The number of ether oxygens (including phenoxy) is 3. The summed E-state index contributed by atoms with van der Waals surface area (Å²) in [5.41, 5.74) is 3.65. The first-order valence-corrected chi connectivity index (χ1v) is 7.19. The summed E-state index contributed by atoms with van der Waals surface area (Å²) in [6.45, 7) is 10.6. The van der Waals surface area contributed by atoms with Crippen molar-refractivity contribution in [3.63, 3.8) is 0 Å². The van der Waals surface area contributed by atoms with Crippen LogP contribution in [-0.2, 0) is 16.0 Å². The van der Waals surface area contributed by atoms with Crippen LogP contribution in [0.25, 0.3) is 0 Å². The third-order valence-corrected chi connectivity index (χ3v) is 3.01. The Balaban J connectivity index is 2.45. The zero-order valence-corrected chi connectivity index (χ0v) is 13.1. The van der Waals surface area contributed by atoms with E-state index in [4.69, 9.17) is 14.2 Å². The number of benzene rings is 1. The monoisotopic (exact) mass is 281 g/mol. The zero-order chi connectivity index (χ0) is 14.8. The summed E-state index contributed by atoms with van der Waals surface area (Å²) in [4.78, 5) is 0. The van der Waals surface area contributed by atoms with Crippen molar-refractivity contribution in [2.24, 2.45) is 0 Å². The summed E-state index contributed by atoms with van der Waals surface area (Å²) in [7, 11) is 1.67. The van der Waals surface area contributed by atoms with Gasteiger partial charge < -0.3 is 19.5 Å². The third-order valence-electron chi connectivity index (χ3n) is 3.01. The van der Waals surface area contributed by atoms with Crippen molar-refractivity contribution in [3.05, 3.63) is 28.8 Å². The van der Waals surface area contributed by atoms with Crippen LogP contribution in [0.3, 0.4) is 0 Å². The summed E-state index contributed by atoms with van der Waals surface area (Å²) in [5, 5.41) is 3.34. The number of nitrogens with one attached hydrogen (secondary N) is 1. The second-order valence-corrected chi connectivity index (χ2v) is 4.79. The zero-order valence-electron chi connectivity index (χ0n) is 13.1. The molecule has 0 unspecified atom stereocenters. The van der Waals surface area contributed by atoms with Crippen molar-refractivity contribution in [3.8, 4) is 5.75 Å². The topological polar surface area (TPSA) is 39.7 Å². The fourth-order valence-electron chi connectivity index (χ4n) is 2.09. The lowest BCUT2D eigenvalue weighted by atomic mass is 10.1. The molecule has 0 aliphatic heterocycles. The van der Waals surface area contributed by atoms with Crippen molar-refractivity contribution in [1.82, 2.24) is 5.32 Å². The normalized spacial score (nSPS) is 10.8. The van der Waals surface area contributed by atoms with E-state index in [1.165, 1.54) is 16.7 Å². The van der Waals surface area contributed by atoms with Gasteiger partial charge in [-0.3, -0.25) is 0 Å². The van der Waals surface area contributed by atoms with Gasteiger partial charge in [-0.2, -0.15) is 0 Å². The molecule has 20 heavy (non-hydrogen) atoms. The van der Waals surface area contributed by atoms with Gasteiger partial charge in [0.25, 0.3) is 0 Å². The second kappa shape index (κ2) is 9.75. The quantitative estimate of drug-likeness (QED) is 0.669.